The fraction of sp³-hybridized carbons (Fsp3) is 0.385. The Morgan fingerprint density at radius 1 is 1.38 bits per heavy atom. The van der Waals surface area contributed by atoms with Gasteiger partial charge in [-0.05, 0) is 13.0 Å². The minimum Gasteiger partial charge on any atom is -0.493 e. The molecule has 0 radical (unpaired) electrons. The first kappa shape index (κ1) is 12.4. The number of hydrogen-bond acceptors (Lipinski definition) is 3. The van der Waals surface area contributed by atoms with Crippen molar-refractivity contribution in [3.63, 3.8) is 0 Å². The van der Waals surface area contributed by atoms with E-state index in [4.69, 9.17) is 15.2 Å². The molecule has 0 amide bonds. The maximum absolute atomic E-state index is 5.64. The van der Waals surface area contributed by atoms with E-state index in [-0.39, 0.29) is 0 Å². The molecule has 0 saturated carbocycles. The van der Waals surface area contributed by atoms with Crippen molar-refractivity contribution in [1.29, 1.82) is 0 Å². The van der Waals surface area contributed by atoms with Crippen LogP contribution in [0.3, 0.4) is 0 Å². The van der Waals surface area contributed by atoms with Crippen LogP contribution in [0, 0.1) is 11.8 Å². The van der Waals surface area contributed by atoms with Crippen molar-refractivity contribution in [2.75, 3.05) is 13.7 Å². The Bertz CT molecular complexity index is 368. The van der Waals surface area contributed by atoms with Gasteiger partial charge < -0.3 is 15.2 Å². The van der Waals surface area contributed by atoms with Gasteiger partial charge in [-0.1, -0.05) is 12.1 Å². The summed E-state index contributed by atoms with van der Waals surface area (Å²) in [5.41, 5.74) is 6.59. The highest BCUT2D eigenvalue weighted by Gasteiger charge is 2.08. The molecule has 3 heteroatoms. The third-order valence-electron chi connectivity index (χ3n) is 2.15. The summed E-state index contributed by atoms with van der Waals surface area (Å²) < 4.78 is 10.9. The van der Waals surface area contributed by atoms with Crippen molar-refractivity contribution in [1.82, 2.24) is 0 Å². The number of benzene rings is 1. The zero-order valence-electron chi connectivity index (χ0n) is 9.75. The van der Waals surface area contributed by atoms with Crippen LogP contribution in [0.1, 0.15) is 18.9 Å². The Kier molecular flexibility index (Phi) is 5.24. The van der Waals surface area contributed by atoms with E-state index in [1.807, 2.05) is 25.1 Å². The predicted molar refractivity (Wildman–Crippen MR) is 64.4 cm³/mol. The first-order valence-electron chi connectivity index (χ1n) is 5.21. The molecule has 1 aromatic rings. The van der Waals surface area contributed by atoms with Crippen molar-refractivity contribution in [2.45, 2.75) is 19.9 Å². The number of para-hydroxylation sites is 1. The van der Waals surface area contributed by atoms with Gasteiger partial charge in [0.2, 0.25) is 0 Å². The zero-order valence-corrected chi connectivity index (χ0v) is 9.75. The average molecular weight is 219 g/mol. The summed E-state index contributed by atoms with van der Waals surface area (Å²) in [7, 11) is 1.62. The molecule has 1 rings (SSSR count). The van der Waals surface area contributed by atoms with E-state index >= 15 is 0 Å². The lowest BCUT2D eigenvalue weighted by atomic mass is 10.2. The van der Waals surface area contributed by atoms with Gasteiger partial charge in [-0.3, -0.25) is 0 Å². The van der Waals surface area contributed by atoms with E-state index in [9.17, 15) is 0 Å². The van der Waals surface area contributed by atoms with Crippen molar-refractivity contribution in [3.8, 4) is 23.3 Å². The molecule has 0 aliphatic rings. The van der Waals surface area contributed by atoms with Crippen LogP contribution in [0.4, 0.5) is 0 Å². The molecule has 0 aliphatic carbocycles. The lowest BCUT2D eigenvalue weighted by Crippen LogP contribution is -2.05. The normalized spacial score (nSPS) is 9.19. The molecule has 0 fully saturated rings. The highest BCUT2D eigenvalue weighted by atomic mass is 16.5. The number of nitrogens with two attached hydrogens (primary N) is 1. The van der Waals surface area contributed by atoms with Crippen LogP contribution in [0.5, 0.6) is 11.5 Å². The smallest absolute Gasteiger partial charge is 0.165 e. The van der Waals surface area contributed by atoms with E-state index < -0.39 is 0 Å². The lowest BCUT2D eigenvalue weighted by molar-refractivity contribution is 0.298. The van der Waals surface area contributed by atoms with Gasteiger partial charge in [0, 0.05) is 18.5 Å². The van der Waals surface area contributed by atoms with Gasteiger partial charge in [0.25, 0.3) is 0 Å². The highest BCUT2D eigenvalue weighted by Crippen LogP contribution is 2.30. The minimum absolute atomic E-state index is 0.436. The molecule has 3 nitrogen and oxygen atoms in total. The molecule has 0 aromatic heterocycles. The molecule has 1 aromatic carbocycles. The second-order valence-electron chi connectivity index (χ2n) is 3.18. The van der Waals surface area contributed by atoms with E-state index in [1.165, 1.54) is 0 Å². The SMILES string of the molecule is CC#CCCOc1c(CN)cccc1OC. The highest BCUT2D eigenvalue weighted by molar-refractivity contribution is 5.46. The Morgan fingerprint density at radius 2 is 2.19 bits per heavy atom. The average Bonchev–Trinajstić information content (AvgIpc) is 2.34. The number of rotatable bonds is 5. The van der Waals surface area contributed by atoms with Gasteiger partial charge >= 0.3 is 0 Å². The van der Waals surface area contributed by atoms with Gasteiger partial charge in [-0.2, -0.15) is 0 Å². The monoisotopic (exact) mass is 219 g/mol. The van der Waals surface area contributed by atoms with Crippen LogP contribution < -0.4 is 15.2 Å². The van der Waals surface area contributed by atoms with Gasteiger partial charge in [-0.25, -0.2) is 0 Å². The minimum atomic E-state index is 0.436. The topological polar surface area (TPSA) is 44.5 Å². The Morgan fingerprint density at radius 3 is 2.81 bits per heavy atom. The van der Waals surface area contributed by atoms with Gasteiger partial charge in [-0.15, -0.1) is 11.8 Å². The first-order chi connectivity index (χ1) is 7.83. The van der Waals surface area contributed by atoms with Gasteiger partial charge in [0.05, 0.1) is 13.7 Å². The quantitative estimate of drug-likeness (QED) is 0.608. The fourth-order valence-electron chi connectivity index (χ4n) is 1.38. The van der Waals surface area contributed by atoms with Crippen molar-refractivity contribution >= 4 is 0 Å². The van der Waals surface area contributed by atoms with Gasteiger partial charge in [0.1, 0.15) is 0 Å². The molecule has 16 heavy (non-hydrogen) atoms. The summed E-state index contributed by atoms with van der Waals surface area (Å²) in [4.78, 5) is 0. The molecule has 0 spiro atoms. The summed E-state index contributed by atoms with van der Waals surface area (Å²) in [5.74, 6) is 7.21. The zero-order chi connectivity index (χ0) is 11.8. The lowest BCUT2D eigenvalue weighted by Gasteiger charge is -2.13. The Balaban J connectivity index is 2.77. The van der Waals surface area contributed by atoms with Crippen molar-refractivity contribution in [3.05, 3.63) is 23.8 Å². The summed E-state index contributed by atoms with van der Waals surface area (Å²) in [6.45, 7) is 2.80. The number of methoxy groups -OCH3 is 1. The summed E-state index contributed by atoms with van der Waals surface area (Å²) in [6, 6.07) is 5.70. The van der Waals surface area contributed by atoms with Crippen LogP contribution >= 0.6 is 0 Å². The Labute approximate surface area is 96.6 Å². The van der Waals surface area contributed by atoms with Crippen LogP contribution in [-0.4, -0.2) is 13.7 Å². The maximum Gasteiger partial charge on any atom is 0.165 e. The molecular weight excluding hydrogens is 202 g/mol. The summed E-state index contributed by atoms with van der Waals surface area (Å²) >= 11 is 0. The molecule has 0 heterocycles. The molecule has 0 unspecified atom stereocenters. The number of hydrogen-bond donors (Lipinski definition) is 1. The largest absolute Gasteiger partial charge is 0.493 e. The molecule has 2 N–H and O–H groups in total. The van der Waals surface area contributed by atoms with E-state index in [0.29, 0.717) is 25.3 Å². The molecule has 0 atom stereocenters. The molecule has 86 valence electrons. The number of ether oxygens (including phenoxy) is 2. The van der Waals surface area contributed by atoms with Crippen LogP contribution in [0.15, 0.2) is 18.2 Å². The second kappa shape index (κ2) is 6.76. The Hall–Kier alpha value is -1.66. The third-order valence-corrected chi connectivity index (χ3v) is 2.15. The fourth-order valence-corrected chi connectivity index (χ4v) is 1.38. The predicted octanol–water partition coefficient (Wildman–Crippen LogP) is 1.95. The molecule has 0 bridgehead atoms. The van der Waals surface area contributed by atoms with E-state index in [2.05, 4.69) is 11.8 Å². The standard InChI is InChI=1S/C13H17NO2/c1-3-4-5-9-16-13-11(10-14)7-6-8-12(13)15-2/h6-8H,5,9-10,14H2,1-2H3. The maximum atomic E-state index is 5.64. The van der Waals surface area contributed by atoms with Crippen LogP contribution in [0.25, 0.3) is 0 Å². The summed E-state index contributed by atoms with van der Waals surface area (Å²) in [5, 5.41) is 0. The molecular formula is C13H17NO2. The summed E-state index contributed by atoms with van der Waals surface area (Å²) in [6.07, 6.45) is 0.707. The third kappa shape index (κ3) is 3.18. The van der Waals surface area contributed by atoms with E-state index in [1.54, 1.807) is 7.11 Å². The van der Waals surface area contributed by atoms with Crippen LogP contribution in [0.2, 0.25) is 0 Å². The second-order valence-corrected chi connectivity index (χ2v) is 3.18. The van der Waals surface area contributed by atoms with Crippen LogP contribution in [-0.2, 0) is 6.54 Å². The molecule has 0 aliphatic heterocycles. The van der Waals surface area contributed by atoms with Crippen molar-refractivity contribution in [2.24, 2.45) is 5.73 Å². The first-order valence-corrected chi connectivity index (χ1v) is 5.21. The van der Waals surface area contributed by atoms with Crippen molar-refractivity contribution < 1.29 is 9.47 Å². The van der Waals surface area contributed by atoms with Gasteiger partial charge in [0.15, 0.2) is 11.5 Å². The van der Waals surface area contributed by atoms with E-state index in [0.717, 1.165) is 11.3 Å². The molecule has 0 saturated heterocycles.